The van der Waals surface area contributed by atoms with Crippen LogP contribution in [0.5, 0.6) is 0 Å². The van der Waals surface area contributed by atoms with Gasteiger partial charge >= 0.3 is 5.97 Å². The van der Waals surface area contributed by atoms with E-state index in [9.17, 15) is 4.79 Å². The average molecular weight is 504 g/mol. The molecule has 1 fully saturated rings. The van der Waals surface area contributed by atoms with Crippen LogP contribution in [0.2, 0.25) is 0 Å². The predicted octanol–water partition coefficient (Wildman–Crippen LogP) is 8.29. The molecule has 2 unspecified atom stereocenters. The van der Waals surface area contributed by atoms with E-state index in [2.05, 4.69) is 49.5 Å². The van der Waals surface area contributed by atoms with Crippen molar-refractivity contribution >= 4 is 11.5 Å². The van der Waals surface area contributed by atoms with Crippen LogP contribution in [0.1, 0.15) is 108 Å². The van der Waals surface area contributed by atoms with E-state index in [1.54, 1.807) is 0 Å². The zero-order chi connectivity index (χ0) is 26.3. The highest BCUT2D eigenvalue weighted by molar-refractivity contribution is 5.81. The number of aryl methyl sites for hydroxylation is 1. The monoisotopic (exact) mass is 503 g/mol. The Kier molecular flexibility index (Phi) is 9.59. The van der Waals surface area contributed by atoms with Crippen LogP contribution < -0.4 is 0 Å². The summed E-state index contributed by atoms with van der Waals surface area (Å²) in [5, 5.41) is 0. The van der Waals surface area contributed by atoms with E-state index in [1.165, 1.54) is 46.4 Å². The molecule has 0 bridgehead atoms. The Morgan fingerprint density at radius 1 is 1.08 bits per heavy atom. The van der Waals surface area contributed by atoms with Crippen molar-refractivity contribution in [1.82, 2.24) is 4.98 Å². The van der Waals surface area contributed by atoms with Gasteiger partial charge in [0.2, 0.25) is 0 Å². The van der Waals surface area contributed by atoms with E-state index in [1.807, 2.05) is 20.8 Å². The van der Waals surface area contributed by atoms with Crippen molar-refractivity contribution in [3.63, 3.8) is 0 Å². The van der Waals surface area contributed by atoms with Crippen molar-refractivity contribution in [2.45, 2.75) is 103 Å². The molecule has 2 atom stereocenters. The third kappa shape index (κ3) is 7.77. The highest BCUT2D eigenvalue weighted by Gasteiger charge is 2.22. The Hall–Kier alpha value is -2.46. The summed E-state index contributed by atoms with van der Waals surface area (Å²) in [4.78, 5) is 17.2. The first-order valence-electron chi connectivity index (χ1n) is 14.4. The van der Waals surface area contributed by atoms with Gasteiger partial charge in [-0.3, -0.25) is 9.78 Å². The molecule has 1 aliphatic carbocycles. The highest BCUT2D eigenvalue weighted by atomic mass is 16.6. The first-order valence-corrected chi connectivity index (χ1v) is 14.4. The first-order chi connectivity index (χ1) is 17.8. The van der Waals surface area contributed by atoms with Crippen LogP contribution in [0, 0.1) is 5.92 Å². The summed E-state index contributed by atoms with van der Waals surface area (Å²) in [5.74, 6) is 0.962. The molecular weight excluding hydrogens is 458 g/mol. The molecule has 2 heterocycles. The zero-order valence-electron chi connectivity index (χ0n) is 23.4. The minimum Gasteiger partial charge on any atom is -0.460 e. The number of hydrogen-bond acceptors (Lipinski definition) is 4. The van der Waals surface area contributed by atoms with Crippen molar-refractivity contribution < 1.29 is 14.3 Å². The Morgan fingerprint density at radius 3 is 2.62 bits per heavy atom. The van der Waals surface area contributed by atoms with Gasteiger partial charge in [-0.05, 0) is 106 Å². The van der Waals surface area contributed by atoms with Gasteiger partial charge in [0.05, 0.1) is 0 Å². The summed E-state index contributed by atoms with van der Waals surface area (Å²) < 4.78 is 11.3. The Bertz CT molecular complexity index is 1070. The van der Waals surface area contributed by atoms with E-state index in [0.717, 1.165) is 58.2 Å². The van der Waals surface area contributed by atoms with Crippen LogP contribution in [-0.2, 0) is 20.7 Å². The number of ether oxygens (including phenoxy) is 2. The normalized spacial score (nSPS) is 21.0. The lowest BCUT2D eigenvalue weighted by atomic mass is 9.82. The van der Waals surface area contributed by atoms with Gasteiger partial charge in [-0.2, -0.15) is 0 Å². The molecule has 1 saturated heterocycles. The summed E-state index contributed by atoms with van der Waals surface area (Å²) in [6.07, 6.45) is 14.7. The zero-order valence-corrected chi connectivity index (χ0v) is 23.4. The van der Waals surface area contributed by atoms with Gasteiger partial charge in [0, 0.05) is 43.0 Å². The van der Waals surface area contributed by atoms with Crippen LogP contribution in [0.3, 0.4) is 0 Å². The lowest BCUT2D eigenvalue weighted by molar-refractivity contribution is -0.155. The van der Waals surface area contributed by atoms with Crippen molar-refractivity contribution in [3.05, 3.63) is 59.4 Å². The number of nitrogens with zero attached hydrogens (tertiary/aromatic N) is 1. The molecular formula is C33H45NO3. The van der Waals surface area contributed by atoms with Gasteiger partial charge in [-0.1, -0.05) is 43.7 Å². The van der Waals surface area contributed by atoms with Crippen molar-refractivity contribution in [1.29, 1.82) is 0 Å². The fourth-order valence-electron chi connectivity index (χ4n) is 5.78. The largest absolute Gasteiger partial charge is 0.460 e. The number of pyridine rings is 1. The van der Waals surface area contributed by atoms with Crippen LogP contribution in [0.4, 0.5) is 0 Å². The van der Waals surface area contributed by atoms with Gasteiger partial charge < -0.3 is 9.47 Å². The molecule has 2 aromatic rings. The molecule has 200 valence electrons. The van der Waals surface area contributed by atoms with Gasteiger partial charge in [-0.25, -0.2) is 0 Å². The number of allylic oxidation sites excluding steroid dienone is 2. The second-order valence-electron chi connectivity index (χ2n) is 11.8. The molecule has 0 radical (unpaired) electrons. The number of rotatable bonds is 7. The number of benzene rings is 1. The smallest absolute Gasteiger partial charge is 0.306 e. The van der Waals surface area contributed by atoms with Gasteiger partial charge in [0.1, 0.15) is 5.60 Å². The number of aromatic nitrogens is 1. The lowest BCUT2D eigenvalue weighted by Crippen LogP contribution is -2.24. The standard InChI is InChI=1S/C33H45NO3/c1-5-25-22-28(23-34-32(25)27-10-8-9-20-36-21-19-27)30-12-7-6-11-29(30)26-16-13-24(14-17-26)15-18-31(35)37-33(2,3)4/h6-7,11-12,16,22-24,27H,5,8-10,13-15,17-21H2,1-4H3. The minimum atomic E-state index is -0.408. The maximum atomic E-state index is 12.1. The van der Waals surface area contributed by atoms with Gasteiger partial charge in [0.25, 0.3) is 0 Å². The molecule has 37 heavy (non-hydrogen) atoms. The molecule has 0 spiro atoms. The third-order valence-corrected chi connectivity index (χ3v) is 7.75. The molecule has 4 heteroatoms. The molecule has 4 rings (SSSR count). The molecule has 0 N–H and O–H groups in total. The van der Waals surface area contributed by atoms with E-state index in [-0.39, 0.29) is 5.97 Å². The predicted molar refractivity (Wildman–Crippen MR) is 151 cm³/mol. The second kappa shape index (κ2) is 12.9. The van der Waals surface area contributed by atoms with E-state index in [0.29, 0.717) is 18.3 Å². The van der Waals surface area contributed by atoms with Crippen molar-refractivity contribution in [2.24, 2.45) is 5.92 Å². The van der Waals surface area contributed by atoms with Crippen LogP contribution in [0.25, 0.3) is 16.7 Å². The SMILES string of the molecule is CCc1cc(-c2ccccc2C2=CCC(CCC(=O)OC(C)(C)C)CC2)cnc1C1CCCCOCC1. The summed E-state index contributed by atoms with van der Waals surface area (Å²) in [6, 6.07) is 11.2. The van der Waals surface area contributed by atoms with E-state index in [4.69, 9.17) is 14.5 Å². The summed E-state index contributed by atoms with van der Waals surface area (Å²) in [5.41, 5.74) is 7.47. The number of carbonyl (C=O) groups is 1. The van der Waals surface area contributed by atoms with E-state index >= 15 is 0 Å². The fraction of sp³-hybridized carbons (Fsp3) is 0.576. The Labute approximate surface area is 223 Å². The number of hydrogen-bond donors (Lipinski definition) is 0. The summed E-state index contributed by atoms with van der Waals surface area (Å²) in [7, 11) is 0. The van der Waals surface area contributed by atoms with Gasteiger partial charge in [0.15, 0.2) is 0 Å². The Balaban J connectivity index is 1.48. The summed E-state index contributed by atoms with van der Waals surface area (Å²) in [6.45, 7) is 9.77. The quantitative estimate of drug-likeness (QED) is 0.357. The Morgan fingerprint density at radius 2 is 1.89 bits per heavy atom. The maximum absolute atomic E-state index is 12.1. The number of carbonyl (C=O) groups excluding carboxylic acids is 1. The molecule has 1 aliphatic heterocycles. The van der Waals surface area contributed by atoms with Crippen LogP contribution in [0.15, 0.2) is 42.6 Å². The average Bonchev–Trinajstić information content (AvgIpc) is 2.86. The highest BCUT2D eigenvalue weighted by Crippen LogP contribution is 2.38. The van der Waals surface area contributed by atoms with Gasteiger partial charge in [-0.15, -0.1) is 0 Å². The van der Waals surface area contributed by atoms with E-state index < -0.39 is 5.60 Å². The molecule has 0 amide bonds. The van der Waals surface area contributed by atoms with Crippen molar-refractivity contribution in [2.75, 3.05) is 13.2 Å². The number of esters is 1. The summed E-state index contributed by atoms with van der Waals surface area (Å²) >= 11 is 0. The minimum absolute atomic E-state index is 0.0813. The molecule has 1 aromatic heterocycles. The third-order valence-electron chi connectivity index (χ3n) is 7.75. The molecule has 0 saturated carbocycles. The molecule has 2 aliphatic rings. The van der Waals surface area contributed by atoms with Crippen LogP contribution in [-0.4, -0.2) is 29.8 Å². The maximum Gasteiger partial charge on any atom is 0.306 e. The lowest BCUT2D eigenvalue weighted by Gasteiger charge is -2.25. The molecule has 4 nitrogen and oxygen atoms in total. The molecule has 1 aromatic carbocycles. The van der Waals surface area contributed by atoms with Crippen molar-refractivity contribution in [3.8, 4) is 11.1 Å². The van der Waals surface area contributed by atoms with Crippen LogP contribution >= 0.6 is 0 Å². The second-order valence-corrected chi connectivity index (χ2v) is 11.8. The topological polar surface area (TPSA) is 48.4 Å². The first kappa shape index (κ1) is 27.6. The fourth-order valence-corrected chi connectivity index (χ4v) is 5.78.